The maximum atomic E-state index is 15.2. The van der Waals surface area contributed by atoms with Crippen molar-refractivity contribution >= 4 is 5.76 Å². The van der Waals surface area contributed by atoms with E-state index < -0.39 is 53.8 Å². The highest BCUT2D eigenvalue weighted by atomic mass is 19.4. The van der Waals surface area contributed by atoms with Crippen LogP contribution < -0.4 is 17.0 Å². The second kappa shape index (κ2) is 7.75. The molecule has 1 aromatic heterocycles. The Labute approximate surface area is 174 Å². The van der Waals surface area contributed by atoms with E-state index >= 15 is 4.39 Å². The maximum absolute atomic E-state index is 15.2. The van der Waals surface area contributed by atoms with Gasteiger partial charge in [0.05, 0.1) is 12.6 Å². The topological polar surface area (TPSA) is 114 Å². The molecule has 12 heteroatoms. The highest BCUT2D eigenvalue weighted by Gasteiger charge is 2.45. The number of aliphatic hydroxyl groups excluding tert-OH is 1. The molecule has 4 N–H and O–H groups in total. The van der Waals surface area contributed by atoms with Gasteiger partial charge in [0, 0.05) is 30.2 Å². The lowest BCUT2D eigenvalue weighted by Gasteiger charge is -2.37. The average Bonchev–Trinajstić information content (AvgIpc) is 3.39. The summed E-state index contributed by atoms with van der Waals surface area (Å²) in [6.07, 6.45) is -2.87. The number of aromatic amines is 1. The zero-order valence-electron chi connectivity index (χ0n) is 16.8. The standard InChI is InChI=1S/C19H24F4N4O4/c1-8-14-12(17(29)25-18(30)27(14)10-2-3-10)16(28)13(20)15(8)26-5-4-9(6-26)11(24)7-31-19(21,22)23/h8-11,15,28H,2-7,24H2,1H3,(H,25,29,30). The van der Waals surface area contributed by atoms with E-state index in [1.807, 2.05) is 0 Å². The number of fused-ring (bicyclic) bond motifs is 1. The number of alkyl halides is 3. The fourth-order valence-corrected chi connectivity index (χ4v) is 4.79. The van der Waals surface area contributed by atoms with Crippen LogP contribution in [0.3, 0.4) is 0 Å². The predicted molar refractivity (Wildman–Crippen MR) is 102 cm³/mol. The summed E-state index contributed by atoms with van der Waals surface area (Å²) in [4.78, 5) is 28.6. The van der Waals surface area contributed by atoms with Gasteiger partial charge in [-0.3, -0.25) is 24.0 Å². The Morgan fingerprint density at radius 1 is 1.29 bits per heavy atom. The van der Waals surface area contributed by atoms with Crippen LogP contribution in [0.5, 0.6) is 0 Å². The third kappa shape index (κ3) is 4.03. The zero-order chi connectivity index (χ0) is 22.7. The SMILES string of the molecule is CC1c2c(c(=O)[nH]c(=O)n2C2CC2)C(O)=C(F)C1N1CCC(C(N)COC(F)(F)F)C1. The van der Waals surface area contributed by atoms with E-state index in [0.717, 1.165) is 12.8 Å². The fraction of sp³-hybridized carbons (Fsp3) is 0.684. The van der Waals surface area contributed by atoms with E-state index in [-0.39, 0.29) is 29.8 Å². The number of ether oxygens (including phenoxy) is 1. The molecule has 172 valence electrons. The molecule has 31 heavy (non-hydrogen) atoms. The summed E-state index contributed by atoms with van der Waals surface area (Å²) >= 11 is 0. The van der Waals surface area contributed by atoms with Crippen LogP contribution in [-0.4, -0.2) is 57.7 Å². The van der Waals surface area contributed by atoms with Gasteiger partial charge in [-0.1, -0.05) is 6.92 Å². The number of hydrogen-bond donors (Lipinski definition) is 3. The van der Waals surface area contributed by atoms with E-state index in [2.05, 4.69) is 9.72 Å². The van der Waals surface area contributed by atoms with Crippen molar-refractivity contribution in [2.45, 2.75) is 56.6 Å². The molecule has 1 aliphatic heterocycles. The number of nitrogens with one attached hydrogen (secondary N) is 1. The van der Waals surface area contributed by atoms with Crippen LogP contribution in [0.4, 0.5) is 17.6 Å². The van der Waals surface area contributed by atoms with Gasteiger partial charge >= 0.3 is 12.1 Å². The van der Waals surface area contributed by atoms with Crippen molar-refractivity contribution in [1.82, 2.24) is 14.5 Å². The zero-order valence-corrected chi connectivity index (χ0v) is 16.8. The minimum Gasteiger partial charge on any atom is -0.504 e. The first kappa shape index (κ1) is 22.0. The summed E-state index contributed by atoms with van der Waals surface area (Å²) in [5.74, 6) is -2.70. The number of nitrogens with zero attached hydrogens (tertiary/aromatic N) is 2. The van der Waals surface area contributed by atoms with Crippen molar-refractivity contribution in [3.8, 4) is 0 Å². The Bertz CT molecular complexity index is 1010. The van der Waals surface area contributed by atoms with Gasteiger partial charge in [0.15, 0.2) is 11.6 Å². The van der Waals surface area contributed by atoms with Crippen molar-refractivity contribution in [2.24, 2.45) is 11.7 Å². The van der Waals surface area contributed by atoms with Crippen LogP contribution in [-0.2, 0) is 4.74 Å². The van der Waals surface area contributed by atoms with Gasteiger partial charge in [0.25, 0.3) is 5.56 Å². The number of halogens is 4. The van der Waals surface area contributed by atoms with Crippen LogP contribution in [0.2, 0.25) is 0 Å². The molecule has 1 saturated carbocycles. The van der Waals surface area contributed by atoms with Crippen molar-refractivity contribution in [2.75, 3.05) is 19.7 Å². The van der Waals surface area contributed by atoms with E-state index in [9.17, 15) is 27.9 Å². The Balaban J connectivity index is 1.62. The molecule has 0 bridgehead atoms. The Morgan fingerprint density at radius 2 is 1.97 bits per heavy atom. The molecule has 3 aliphatic rings. The quantitative estimate of drug-likeness (QED) is 0.592. The molecule has 0 spiro atoms. The van der Waals surface area contributed by atoms with E-state index in [4.69, 9.17) is 5.73 Å². The van der Waals surface area contributed by atoms with Crippen LogP contribution in [0.15, 0.2) is 15.4 Å². The summed E-state index contributed by atoms with van der Waals surface area (Å²) in [6.45, 7) is 1.51. The number of aliphatic hydroxyl groups is 1. The van der Waals surface area contributed by atoms with Gasteiger partial charge in [-0.15, -0.1) is 13.2 Å². The lowest BCUT2D eigenvalue weighted by molar-refractivity contribution is -0.326. The highest BCUT2D eigenvalue weighted by Crippen LogP contribution is 2.44. The van der Waals surface area contributed by atoms with Gasteiger partial charge < -0.3 is 10.8 Å². The minimum absolute atomic E-state index is 0.116. The third-order valence-corrected chi connectivity index (χ3v) is 6.42. The van der Waals surface area contributed by atoms with E-state index in [1.165, 1.54) is 4.57 Å². The number of aromatic nitrogens is 2. The second-order valence-corrected chi connectivity index (χ2v) is 8.52. The van der Waals surface area contributed by atoms with Gasteiger partial charge in [-0.05, 0) is 31.7 Å². The number of likely N-dealkylation sites (tertiary alicyclic amines) is 1. The van der Waals surface area contributed by atoms with Crippen LogP contribution in [0.25, 0.3) is 5.76 Å². The second-order valence-electron chi connectivity index (χ2n) is 8.52. The van der Waals surface area contributed by atoms with Gasteiger partial charge in [-0.25, -0.2) is 9.18 Å². The molecule has 0 aromatic carbocycles. The minimum atomic E-state index is -4.78. The smallest absolute Gasteiger partial charge is 0.504 e. The third-order valence-electron chi connectivity index (χ3n) is 6.42. The Morgan fingerprint density at radius 3 is 2.58 bits per heavy atom. The number of nitrogens with two attached hydrogens (primary N) is 1. The summed E-state index contributed by atoms with van der Waals surface area (Å²) < 4.78 is 57.4. The normalized spacial score (nSPS) is 28.1. The van der Waals surface area contributed by atoms with E-state index in [1.54, 1.807) is 11.8 Å². The van der Waals surface area contributed by atoms with Crippen LogP contribution in [0, 0.1) is 5.92 Å². The lowest BCUT2D eigenvalue weighted by atomic mass is 9.85. The van der Waals surface area contributed by atoms with Gasteiger partial charge in [-0.2, -0.15) is 0 Å². The van der Waals surface area contributed by atoms with E-state index in [0.29, 0.717) is 13.0 Å². The van der Waals surface area contributed by atoms with Crippen molar-refractivity contribution in [3.05, 3.63) is 37.9 Å². The van der Waals surface area contributed by atoms with Gasteiger partial charge in [0.2, 0.25) is 0 Å². The fourth-order valence-electron chi connectivity index (χ4n) is 4.79. The number of hydrogen-bond acceptors (Lipinski definition) is 6. The lowest BCUT2D eigenvalue weighted by Crippen LogP contribution is -2.46. The average molecular weight is 448 g/mol. The summed E-state index contributed by atoms with van der Waals surface area (Å²) in [5.41, 5.74) is 4.47. The van der Waals surface area contributed by atoms with Crippen molar-refractivity contribution < 1.29 is 27.4 Å². The molecule has 4 unspecified atom stereocenters. The molecule has 4 atom stereocenters. The summed E-state index contributed by atoms with van der Waals surface area (Å²) in [5, 5.41) is 10.5. The monoisotopic (exact) mass is 448 g/mol. The molecule has 8 nitrogen and oxygen atoms in total. The molecule has 1 aromatic rings. The Hall–Kier alpha value is -2.18. The maximum Gasteiger partial charge on any atom is 0.522 e. The molecule has 2 fully saturated rings. The molecule has 0 radical (unpaired) electrons. The molecule has 2 heterocycles. The molecule has 0 amide bonds. The molecular weight excluding hydrogens is 424 g/mol. The van der Waals surface area contributed by atoms with Crippen molar-refractivity contribution in [3.63, 3.8) is 0 Å². The first-order valence-corrected chi connectivity index (χ1v) is 10.2. The molecule has 2 aliphatic carbocycles. The first-order chi connectivity index (χ1) is 14.5. The molecule has 4 rings (SSSR count). The van der Waals surface area contributed by atoms with Crippen LogP contribution in [0.1, 0.15) is 49.4 Å². The predicted octanol–water partition coefficient (Wildman–Crippen LogP) is 1.74. The molecule has 1 saturated heterocycles. The number of H-pyrrole nitrogens is 1. The van der Waals surface area contributed by atoms with Crippen LogP contribution >= 0.6 is 0 Å². The first-order valence-electron chi connectivity index (χ1n) is 10.2. The molecular formula is C19H24F4N4O4. The largest absolute Gasteiger partial charge is 0.522 e. The summed E-state index contributed by atoms with van der Waals surface area (Å²) in [7, 11) is 0. The van der Waals surface area contributed by atoms with Gasteiger partial charge in [0.1, 0.15) is 5.56 Å². The van der Waals surface area contributed by atoms with Crippen molar-refractivity contribution in [1.29, 1.82) is 0 Å². The Kier molecular flexibility index (Phi) is 5.51. The summed E-state index contributed by atoms with van der Waals surface area (Å²) in [6, 6.07) is -1.97. The highest BCUT2D eigenvalue weighted by molar-refractivity contribution is 5.66. The number of rotatable bonds is 5.